The number of thiophene rings is 1. The van der Waals surface area contributed by atoms with Gasteiger partial charge in [0.25, 0.3) is 5.56 Å². The molecule has 1 N–H and O–H groups in total. The van der Waals surface area contributed by atoms with Crippen LogP contribution in [-0.2, 0) is 10.5 Å². The highest BCUT2D eigenvalue weighted by molar-refractivity contribution is 8.00. The van der Waals surface area contributed by atoms with E-state index in [0.29, 0.717) is 39.1 Å². The van der Waals surface area contributed by atoms with E-state index in [1.165, 1.54) is 34.4 Å². The molecule has 0 aliphatic heterocycles. The molecule has 1 amide bonds. The Kier molecular flexibility index (Phi) is 5.17. The van der Waals surface area contributed by atoms with E-state index in [1.807, 2.05) is 18.4 Å². The minimum atomic E-state index is -0.186. The molecule has 1 aliphatic carbocycles. The van der Waals surface area contributed by atoms with Gasteiger partial charge in [0.15, 0.2) is 4.34 Å². The van der Waals surface area contributed by atoms with Gasteiger partial charge in [-0.15, -0.1) is 21.5 Å². The lowest BCUT2D eigenvalue weighted by Crippen LogP contribution is -2.32. The van der Waals surface area contributed by atoms with E-state index in [-0.39, 0.29) is 17.5 Å². The van der Waals surface area contributed by atoms with Crippen molar-refractivity contribution in [2.24, 2.45) is 0 Å². The third-order valence-electron chi connectivity index (χ3n) is 4.70. The lowest BCUT2D eigenvalue weighted by molar-refractivity contribution is -0.118. The number of aromatic amines is 1. The molecule has 0 aromatic carbocycles. The highest BCUT2D eigenvalue weighted by atomic mass is 32.2. The van der Waals surface area contributed by atoms with Gasteiger partial charge in [0.2, 0.25) is 11.0 Å². The highest BCUT2D eigenvalue weighted by Crippen LogP contribution is 2.37. The summed E-state index contributed by atoms with van der Waals surface area (Å²) in [6, 6.07) is 3.87. The van der Waals surface area contributed by atoms with Gasteiger partial charge in [-0.25, -0.2) is 4.98 Å². The Morgan fingerprint density at radius 3 is 3.00 bits per heavy atom. The molecule has 4 aromatic rings. The summed E-state index contributed by atoms with van der Waals surface area (Å²) in [4.78, 5) is 34.8. The number of carbonyl (C=O) groups excluding carboxylic acids is 1. The summed E-state index contributed by atoms with van der Waals surface area (Å²) in [7, 11) is 0. The molecule has 30 heavy (non-hydrogen) atoms. The predicted molar refractivity (Wildman–Crippen MR) is 118 cm³/mol. The lowest BCUT2D eigenvalue weighted by atomic mass is 10.2. The third-order valence-corrected chi connectivity index (χ3v) is 7.64. The first-order valence-electron chi connectivity index (χ1n) is 9.46. The van der Waals surface area contributed by atoms with Crippen molar-refractivity contribution in [1.29, 1.82) is 0 Å². The molecule has 0 unspecified atom stereocenters. The zero-order valence-electron chi connectivity index (χ0n) is 16.0. The number of thioether (sulfide) groups is 1. The van der Waals surface area contributed by atoms with Crippen LogP contribution in [0.4, 0.5) is 5.13 Å². The molecule has 0 saturated heterocycles. The minimum absolute atomic E-state index is 0.0757. The SMILES string of the molecule is CCC(=O)N(c1nnc(SCc2nc3scc(-c4ccco4)c3c(=O)[nH]2)s1)C1CC1. The van der Waals surface area contributed by atoms with Crippen LogP contribution in [0.1, 0.15) is 32.0 Å². The molecule has 0 atom stereocenters. The van der Waals surface area contributed by atoms with Crippen LogP contribution >= 0.6 is 34.4 Å². The Morgan fingerprint density at radius 2 is 2.27 bits per heavy atom. The molecular weight excluding hydrogens is 442 g/mol. The first-order chi connectivity index (χ1) is 14.6. The van der Waals surface area contributed by atoms with Gasteiger partial charge in [-0.3, -0.25) is 14.5 Å². The fourth-order valence-corrected chi connectivity index (χ4v) is 5.88. The number of aromatic nitrogens is 4. The van der Waals surface area contributed by atoms with Crippen LogP contribution in [0.5, 0.6) is 0 Å². The zero-order valence-corrected chi connectivity index (χ0v) is 18.4. The van der Waals surface area contributed by atoms with Gasteiger partial charge >= 0.3 is 0 Å². The topological polar surface area (TPSA) is 105 Å². The summed E-state index contributed by atoms with van der Waals surface area (Å²) in [6.45, 7) is 1.86. The number of anilines is 1. The first kappa shape index (κ1) is 19.5. The van der Waals surface area contributed by atoms with Crippen LogP contribution < -0.4 is 10.5 Å². The first-order valence-corrected chi connectivity index (χ1v) is 12.1. The summed E-state index contributed by atoms with van der Waals surface area (Å²) in [5, 5.41) is 11.5. The van der Waals surface area contributed by atoms with E-state index in [0.717, 1.165) is 22.7 Å². The second-order valence-corrected chi connectivity index (χ2v) is 9.84. The average molecular weight is 460 g/mol. The number of amides is 1. The Balaban J connectivity index is 1.34. The Labute approximate surface area is 183 Å². The van der Waals surface area contributed by atoms with Crippen molar-refractivity contribution in [3.8, 4) is 11.3 Å². The summed E-state index contributed by atoms with van der Waals surface area (Å²) < 4.78 is 6.16. The molecule has 1 fully saturated rings. The molecule has 11 heteroatoms. The van der Waals surface area contributed by atoms with Gasteiger partial charge in [-0.05, 0) is 25.0 Å². The maximum Gasteiger partial charge on any atom is 0.260 e. The minimum Gasteiger partial charge on any atom is -0.464 e. The van der Waals surface area contributed by atoms with E-state index < -0.39 is 0 Å². The number of hydrogen-bond acceptors (Lipinski definition) is 9. The van der Waals surface area contributed by atoms with E-state index in [1.54, 1.807) is 17.2 Å². The second-order valence-electron chi connectivity index (χ2n) is 6.81. The largest absolute Gasteiger partial charge is 0.464 e. The highest BCUT2D eigenvalue weighted by Gasteiger charge is 2.35. The van der Waals surface area contributed by atoms with Crippen molar-refractivity contribution in [1.82, 2.24) is 20.2 Å². The standard InChI is InChI=1S/C19H17N5O3S3/c1-2-14(25)24(10-5-6-10)18-22-23-19(30-18)29-9-13-20-16(26)15-11(8-28-17(15)21-13)12-4-3-7-27-12/h3-4,7-8,10H,2,5-6,9H2,1H3,(H,20,21,26). The monoisotopic (exact) mass is 459 g/mol. The maximum atomic E-state index is 12.7. The van der Waals surface area contributed by atoms with Gasteiger partial charge < -0.3 is 9.40 Å². The number of furan rings is 1. The third kappa shape index (κ3) is 3.68. The number of rotatable bonds is 7. The van der Waals surface area contributed by atoms with Gasteiger partial charge in [-0.2, -0.15) is 0 Å². The van der Waals surface area contributed by atoms with Gasteiger partial charge in [0.05, 0.1) is 17.4 Å². The van der Waals surface area contributed by atoms with Crippen LogP contribution in [0, 0.1) is 0 Å². The number of carbonyl (C=O) groups is 1. The van der Waals surface area contributed by atoms with Crippen molar-refractivity contribution in [3.63, 3.8) is 0 Å². The van der Waals surface area contributed by atoms with E-state index in [4.69, 9.17) is 4.42 Å². The van der Waals surface area contributed by atoms with Gasteiger partial charge in [-0.1, -0.05) is 30.0 Å². The van der Waals surface area contributed by atoms with E-state index in [2.05, 4.69) is 20.2 Å². The smallest absolute Gasteiger partial charge is 0.260 e. The van der Waals surface area contributed by atoms with Crippen molar-refractivity contribution in [3.05, 3.63) is 40.0 Å². The number of H-pyrrole nitrogens is 1. The van der Waals surface area contributed by atoms with Crippen LogP contribution in [0.25, 0.3) is 21.5 Å². The van der Waals surface area contributed by atoms with Gasteiger partial charge in [0, 0.05) is 23.4 Å². The molecule has 154 valence electrons. The summed E-state index contributed by atoms with van der Waals surface area (Å²) in [5.74, 6) is 1.76. The van der Waals surface area contributed by atoms with Gasteiger partial charge in [0.1, 0.15) is 16.4 Å². The number of hydrogen-bond donors (Lipinski definition) is 1. The predicted octanol–water partition coefficient (Wildman–Crippen LogP) is 4.29. The Hall–Kier alpha value is -2.50. The molecule has 4 heterocycles. The zero-order chi connectivity index (χ0) is 20.7. The Morgan fingerprint density at radius 1 is 1.40 bits per heavy atom. The summed E-state index contributed by atoms with van der Waals surface area (Å²) in [5.41, 5.74) is 0.567. The number of nitrogens with one attached hydrogen (secondary N) is 1. The van der Waals surface area contributed by atoms with E-state index in [9.17, 15) is 9.59 Å². The van der Waals surface area contributed by atoms with Crippen LogP contribution in [0.3, 0.4) is 0 Å². The van der Waals surface area contributed by atoms with Crippen molar-refractivity contribution in [2.45, 2.75) is 42.3 Å². The molecule has 0 bridgehead atoms. The molecule has 4 aromatic heterocycles. The average Bonchev–Trinajstić information content (AvgIpc) is 3.15. The molecule has 1 aliphatic rings. The quantitative estimate of drug-likeness (QED) is 0.325. The fraction of sp³-hybridized carbons (Fsp3) is 0.316. The summed E-state index contributed by atoms with van der Waals surface area (Å²) in [6.07, 6.45) is 4.06. The van der Waals surface area contributed by atoms with Crippen molar-refractivity contribution in [2.75, 3.05) is 4.90 Å². The molecular formula is C19H17N5O3S3. The number of fused-ring (bicyclic) bond motifs is 1. The number of nitrogens with zero attached hydrogens (tertiary/aromatic N) is 4. The maximum absolute atomic E-state index is 12.7. The van der Waals surface area contributed by atoms with Crippen molar-refractivity contribution >= 4 is 55.7 Å². The van der Waals surface area contributed by atoms with Crippen LogP contribution in [-0.4, -0.2) is 32.1 Å². The second kappa shape index (κ2) is 7.97. The fourth-order valence-electron chi connectivity index (χ4n) is 3.13. The Bertz CT molecular complexity index is 1260. The molecule has 8 nitrogen and oxygen atoms in total. The van der Waals surface area contributed by atoms with Crippen LogP contribution in [0.2, 0.25) is 0 Å². The van der Waals surface area contributed by atoms with Crippen LogP contribution in [0.15, 0.2) is 37.3 Å². The molecule has 0 spiro atoms. The molecule has 1 saturated carbocycles. The summed E-state index contributed by atoms with van der Waals surface area (Å²) >= 11 is 4.26. The lowest BCUT2D eigenvalue weighted by Gasteiger charge is -2.17. The normalized spacial score (nSPS) is 13.8. The van der Waals surface area contributed by atoms with Crippen molar-refractivity contribution < 1.29 is 9.21 Å². The van der Waals surface area contributed by atoms with E-state index >= 15 is 0 Å². The molecule has 0 radical (unpaired) electrons. The molecule has 5 rings (SSSR count).